The Bertz CT molecular complexity index is 546. The van der Waals surface area contributed by atoms with Crippen LogP contribution in [0.4, 0.5) is 0 Å². The number of nitrogens with zero attached hydrogens (tertiary/aromatic N) is 2. The lowest BCUT2D eigenvalue weighted by Gasteiger charge is -2.07. The fourth-order valence-corrected chi connectivity index (χ4v) is 2.43. The van der Waals surface area contributed by atoms with Gasteiger partial charge in [0.05, 0.1) is 11.4 Å². The van der Waals surface area contributed by atoms with E-state index in [4.69, 9.17) is 0 Å². The molecule has 1 aromatic carbocycles. The van der Waals surface area contributed by atoms with E-state index in [-0.39, 0.29) is 0 Å². The van der Waals surface area contributed by atoms with Crippen LogP contribution in [0.25, 0.3) is 5.69 Å². The van der Waals surface area contributed by atoms with Gasteiger partial charge in [-0.3, -0.25) is 0 Å². The predicted octanol–water partition coefficient (Wildman–Crippen LogP) is 3.69. The van der Waals surface area contributed by atoms with Gasteiger partial charge in [-0.2, -0.15) is 5.10 Å². The van der Waals surface area contributed by atoms with Gasteiger partial charge >= 0.3 is 0 Å². The molecule has 102 valence electrons. The Morgan fingerprint density at radius 1 is 1.32 bits per heavy atom. The van der Waals surface area contributed by atoms with Gasteiger partial charge < -0.3 is 5.32 Å². The molecule has 0 atom stereocenters. The van der Waals surface area contributed by atoms with Crippen LogP contribution >= 0.6 is 15.9 Å². The number of aromatic nitrogens is 2. The van der Waals surface area contributed by atoms with Gasteiger partial charge in [0.25, 0.3) is 0 Å². The summed E-state index contributed by atoms with van der Waals surface area (Å²) >= 11 is 3.48. The summed E-state index contributed by atoms with van der Waals surface area (Å²) in [6, 6.07) is 8.29. The average Bonchev–Trinajstić information content (AvgIpc) is 2.77. The Morgan fingerprint density at radius 2 is 2.11 bits per heavy atom. The maximum atomic E-state index is 4.61. The first-order valence-electron chi connectivity index (χ1n) is 6.58. The summed E-state index contributed by atoms with van der Waals surface area (Å²) in [5.41, 5.74) is 3.40. The summed E-state index contributed by atoms with van der Waals surface area (Å²) in [7, 11) is 0. The van der Waals surface area contributed by atoms with Crippen molar-refractivity contribution < 1.29 is 0 Å². The molecule has 0 fully saturated rings. The zero-order valence-electron chi connectivity index (χ0n) is 11.7. The fourth-order valence-electron chi connectivity index (χ4n) is 1.95. The van der Waals surface area contributed by atoms with Crippen LogP contribution in [0.1, 0.15) is 25.1 Å². The largest absolute Gasteiger partial charge is 0.311 e. The second kappa shape index (κ2) is 6.35. The van der Waals surface area contributed by atoms with Gasteiger partial charge in [0.15, 0.2) is 0 Å². The SMILES string of the molecule is Cc1cc(Br)ccc1-n1ccc(CNCC(C)C)n1. The van der Waals surface area contributed by atoms with Gasteiger partial charge in [0, 0.05) is 17.2 Å². The Hall–Kier alpha value is -1.13. The van der Waals surface area contributed by atoms with Crippen molar-refractivity contribution in [3.63, 3.8) is 0 Å². The smallest absolute Gasteiger partial charge is 0.0766 e. The standard InChI is InChI=1S/C15H20BrN3/c1-11(2)9-17-10-14-6-7-19(18-14)15-5-4-13(16)8-12(15)3/h4-8,11,17H,9-10H2,1-3H3. The molecule has 1 heterocycles. The van der Waals surface area contributed by atoms with E-state index in [9.17, 15) is 0 Å². The number of nitrogens with one attached hydrogen (secondary N) is 1. The van der Waals surface area contributed by atoms with Crippen LogP contribution in [0, 0.1) is 12.8 Å². The van der Waals surface area contributed by atoms with Crippen LogP contribution in [0.15, 0.2) is 34.9 Å². The molecule has 0 aliphatic rings. The van der Waals surface area contributed by atoms with Crippen LogP contribution in [-0.4, -0.2) is 16.3 Å². The molecular weight excluding hydrogens is 302 g/mol. The molecule has 2 rings (SSSR count). The van der Waals surface area contributed by atoms with E-state index in [1.165, 1.54) is 5.56 Å². The van der Waals surface area contributed by atoms with Crippen molar-refractivity contribution in [3.8, 4) is 5.69 Å². The van der Waals surface area contributed by atoms with Crippen molar-refractivity contribution in [2.24, 2.45) is 5.92 Å². The van der Waals surface area contributed by atoms with Crippen molar-refractivity contribution in [2.75, 3.05) is 6.54 Å². The lowest BCUT2D eigenvalue weighted by atomic mass is 10.2. The first kappa shape index (κ1) is 14.3. The molecular formula is C15H20BrN3. The molecule has 4 heteroatoms. The van der Waals surface area contributed by atoms with E-state index in [0.717, 1.165) is 28.9 Å². The van der Waals surface area contributed by atoms with Gasteiger partial charge in [-0.1, -0.05) is 29.8 Å². The van der Waals surface area contributed by atoms with Crippen molar-refractivity contribution in [1.29, 1.82) is 0 Å². The minimum absolute atomic E-state index is 0.663. The normalized spacial score (nSPS) is 11.2. The molecule has 0 aliphatic carbocycles. The van der Waals surface area contributed by atoms with Crippen molar-refractivity contribution in [1.82, 2.24) is 15.1 Å². The van der Waals surface area contributed by atoms with E-state index in [1.807, 2.05) is 16.9 Å². The van der Waals surface area contributed by atoms with Crippen LogP contribution in [-0.2, 0) is 6.54 Å². The lowest BCUT2D eigenvalue weighted by Crippen LogP contribution is -2.19. The number of rotatable bonds is 5. The van der Waals surface area contributed by atoms with E-state index in [1.54, 1.807) is 0 Å². The molecule has 0 amide bonds. The molecule has 3 nitrogen and oxygen atoms in total. The maximum Gasteiger partial charge on any atom is 0.0766 e. The summed E-state index contributed by atoms with van der Waals surface area (Å²) in [6.45, 7) is 8.34. The Morgan fingerprint density at radius 3 is 2.79 bits per heavy atom. The van der Waals surface area contributed by atoms with Crippen molar-refractivity contribution in [2.45, 2.75) is 27.3 Å². The molecule has 0 saturated heterocycles. The van der Waals surface area contributed by atoms with Gasteiger partial charge in [0.2, 0.25) is 0 Å². The Labute approximate surface area is 123 Å². The first-order valence-corrected chi connectivity index (χ1v) is 7.37. The van der Waals surface area contributed by atoms with Crippen molar-refractivity contribution in [3.05, 3.63) is 46.2 Å². The second-order valence-corrected chi connectivity index (χ2v) is 6.12. The van der Waals surface area contributed by atoms with E-state index in [2.05, 4.69) is 65.3 Å². The highest BCUT2D eigenvalue weighted by atomic mass is 79.9. The Kier molecular flexibility index (Phi) is 4.77. The minimum atomic E-state index is 0.663. The number of halogens is 1. The third kappa shape index (κ3) is 3.91. The molecule has 19 heavy (non-hydrogen) atoms. The summed E-state index contributed by atoms with van der Waals surface area (Å²) in [6.07, 6.45) is 2.02. The number of hydrogen-bond donors (Lipinski definition) is 1. The zero-order chi connectivity index (χ0) is 13.8. The summed E-state index contributed by atoms with van der Waals surface area (Å²) < 4.78 is 3.04. The van der Waals surface area contributed by atoms with Crippen molar-refractivity contribution >= 4 is 15.9 Å². The molecule has 1 N–H and O–H groups in total. The average molecular weight is 322 g/mol. The van der Waals surface area contributed by atoms with Crippen LogP contribution in [0.3, 0.4) is 0 Å². The summed E-state index contributed by atoms with van der Waals surface area (Å²) in [4.78, 5) is 0. The monoisotopic (exact) mass is 321 g/mol. The second-order valence-electron chi connectivity index (χ2n) is 5.21. The van der Waals surface area contributed by atoms with Gasteiger partial charge in [-0.15, -0.1) is 0 Å². The highest BCUT2D eigenvalue weighted by molar-refractivity contribution is 9.10. The van der Waals surface area contributed by atoms with Gasteiger partial charge in [-0.25, -0.2) is 4.68 Å². The topological polar surface area (TPSA) is 29.9 Å². The van der Waals surface area contributed by atoms with E-state index in [0.29, 0.717) is 5.92 Å². The molecule has 0 bridgehead atoms. The quantitative estimate of drug-likeness (QED) is 0.910. The highest BCUT2D eigenvalue weighted by Crippen LogP contribution is 2.19. The third-order valence-electron chi connectivity index (χ3n) is 2.91. The van der Waals surface area contributed by atoms with Crippen LogP contribution < -0.4 is 5.32 Å². The maximum absolute atomic E-state index is 4.61. The molecule has 0 saturated carbocycles. The molecule has 1 aromatic heterocycles. The summed E-state index contributed by atoms with van der Waals surface area (Å²) in [5, 5.41) is 8.01. The van der Waals surface area contributed by atoms with Crippen LogP contribution in [0.2, 0.25) is 0 Å². The first-order chi connectivity index (χ1) is 9.06. The molecule has 2 aromatic rings. The number of aryl methyl sites for hydroxylation is 1. The van der Waals surface area contributed by atoms with Gasteiger partial charge in [-0.05, 0) is 49.2 Å². The zero-order valence-corrected chi connectivity index (χ0v) is 13.2. The summed E-state index contributed by atoms with van der Waals surface area (Å²) in [5.74, 6) is 0.663. The minimum Gasteiger partial charge on any atom is -0.311 e. The predicted molar refractivity (Wildman–Crippen MR) is 82.5 cm³/mol. The fraction of sp³-hybridized carbons (Fsp3) is 0.400. The third-order valence-corrected chi connectivity index (χ3v) is 3.40. The Balaban J connectivity index is 2.08. The highest BCUT2D eigenvalue weighted by Gasteiger charge is 2.04. The van der Waals surface area contributed by atoms with E-state index >= 15 is 0 Å². The number of benzene rings is 1. The van der Waals surface area contributed by atoms with Crippen LogP contribution in [0.5, 0.6) is 0 Å². The lowest BCUT2D eigenvalue weighted by molar-refractivity contribution is 0.546. The number of hydrogen-bond acceptors (Lipinski definition) is 2. The van der Waals surface area contributed by atoms with E-state index < -0.39 is 0 Å². The molecule has 0 unspecified atom stereocenters. The van der Waals surface area contributed by atoms with Gasteiger partial charge in [0.1, 0.15) is 0 Å². The molecule has 0 radical (unpaired) electrons. The molecule has 0 spiro atoms. The molecule has 0 aliphatic heterocycles.